The predicted molar refractivity (Wildman–Crippen MR) is 73.7 cm³/mol. The lowest BCUT2D eigenvalue weighted by Crippen LogP contribution is -2.25. The molecule has 1 aromatic rings. The van der Waals surface area contributed by atoms with Crippen LogP contribution in [0, 0.1) is 10.5 Å². The predicted octanol–water partition coefficient (Wildman–Crippen LogP) is 2.26. The van der Waals surface area contributed by atoms with Crippen LogP contribution in [0.15, 0.2) is 11.0 Å². The summed E-state index contributed by atoms with van der Waals surface area (Å²) in [6.07, 6.45) is 4.86. The molecule has 0 saturated carbocycles. The number of aromatic nitrogens is 2. The van der Waals surface area contributed by atoms with Gasteiger partial charge in [-0.25, -0.2) is 4.98 Å². The fourth-order valence-corrected chi connectivity index (χ4v) is 2.03. The van der Waals surface area contributed by atoms with Crippen molar-refractivity contribution < 1.29 is 0 Å². The maximum Gasteiger partial charge on any atom is 0.266 e. The smallest absolute Gasteiger partial charge is 0.266 e. The number of rotatable bonds is 5. The van der Waals surface area contributed by atoms with Gasteiger partial charge < -0.3 is 0 Å². The van der Waals surface area contributed by atoms with E-state index in [4.69, 9.17) is 0 Å². The zero-order valence-electron chi connectivity index (χ0n) is 8.74. The van der Waals surface area contributed by atoms with Crippen LogP contribution >= 0.6 is 35.2 Å². The quantitative estimate of drug-likeness (QED) is 0.508. The highest BCUT2D eigenvalue weighted by molar-refractivity contribution is 14.1. The van der Waals surface area contributed by atoms with Crippen LogP contribution in [0.5, 0.6) is 0 Å². The van der Waals surface area contributed by atoms with Gasteiger partial charge in [-0.05, 0) is 48.1 Å². The summed E-state index contributed by atoms with van der Waals surface area (Å²) in [5, 5.41) is 0. The molecule has 3 nitrogen and oxygen atoms in total. The third kappa shape index (κ3) is 3.79. The number of aryl methyl sites for hydroxylation is 1. The van der Waals surface area contributed by atoms with Crippen molar-refractivity contribution in [3.05, 3.63) is 25.9 Å². The lowest BCUT2D eigenvalue weighted by atomic mass is 10.2. The second kappa shape index (κ2) is 6.52. The van der Waals surface area contributed by atoms with Crippen LogP contribution in [0.25, 0.3) is 0 Å². The van der Waals surface area contributed by atoms with Crippen LogP contribution in [0.2, 0.25) is 0 Å². The monoisotopic (exact) mass is 338 g/mol. The molecule has 84 valence electrons. The van der Waals surface area contributed by atoms with Gasteiger partial charge >= 0.3 is 0 Å². The largest absolute Gasteiger partial charge is 0.296 e. The van der Waals surface area contributed by atoms with Gasteiger partial charge in [-0.3, -0.25) is 9.36 Å². The topological polar surface area (TPSA) is 34.9 Å². The molecule has 0 aliphatic heterocycles. The fourth-order valence-electron chi connectivity index (χ4n) is 1.37. The number of hydrogen-bond acceptors (Lipinski definition) is 3. The minimum absolute atomic E-state index is 0.0778. The van der Waals surface area contributed by atoms with Crippen molar-refractivity contribution in [1.82, 2.24) is 9.55 Å². The lowest BCUT2D eigenvalue weighted by molar-refractivity contribution is 0.564. The maximum absolute atomic E-state index is 11.8. The highest BCUT2D eigenvalue weighted by Gasteiger charge is 2.04. The molecule has 5 heteroatoms. The Morgan fingerprint density at radius 2 is 2.20 bits per heavy atom. The Bertz CT molecular complexity index is 378. The zero-order valence-corrected chi connectivity index (χ0v) is 11.8. The van der Waals surface area contributed by atoms with Crippen LogP contribution in [0.1, 0.15) is 25.1 Å². The van der Waals surface area contributed by atoms with E-state index in [0.29, 0.717) is 3.57 Å². The van der Waals surface area contributed by atoms with Crippen LogP contribution in [0.3, 0.4) is 0 Å². The minimum atomic E-state index is 0.0778. The Morgan fingerprint density at radius 1 is 1.47 bits per heavy atom. The van der Waals surface area contributed by atoms with E-state index in [1.54, 1.807) is 10.8 Å². The molecule has 0 aliphatic rings. The molecule has 0 unspecified atom stereocenters. The lowest BCUT2D eigenvalue weighted by Gasteiger charge is -2.08. The van der Waals surface area contributed by atoms with Gasteiger partial charge in [-0.2, -0.15) is 12.6 Å². The molecule has 0 N–H and O–H groups in total. The molecule has 0 spiro atoms. The van der Waals surface area contributed by atoms with Gasteiger partial charge in [0, 0.05) is 12.7 Å². The van der Waals surface area contributed by atoms with E-state index in [-0.39, 0.29) is 5.56 Å². The summed E-state index contributed by atoms with van der Waals surface area (Å²) >= 11 is 6.18. The first-order valence-electron chi connectivity index (χ1n) is 4.99. The molecule has 1 rings (SSSR count). The van der Waals surface area contributed by atoms with E-state index in [2.05, 4.69) is 17.6 Å². The molecule has 1 heterocycles. The van der Waals surface area contributed by atoms with Crippen molar-refractivity contribution in [1.29, 1.82) is 0 Å². The highest BCUT2D eigenvalue weighted by Crippen LogP contribution is 2.02. The van der Waals surface area contributed by atoms with Crippen molar-refractivity contribution in [2.45, 2.75) is 32.7 Å². The highest BCUT2D eigenvalue weighted by atomic mass is 127. The molecule has 0 atom stereocenters. The van der Waals surface area contributed by atoms with Gasteiger partial charge in [-0.1, -0.05) is 6.42 Å². The van der Waals surface area contributed by atoms with Crippen molar-refractivity contribution in [3.8, 4) is 0 Å². The third-order valence-electron chi connectivity index (χ3n) is 2.24. The summed E-state index contributed by atoms with van der Waals surface area (Å²) in [7, 11) is 0. The average molecular weight is 338 g/mol. The Morgan fingerprint density at radius 3 is 2.87 bits per heavy atom. The molecular formula is C10H15IN2OS. The van der Waals surface area contributed by atoms with Gasteiger partial charge in [0.05, 0.1) is 3.57 Å². The molecule has 15 heavy (non-hydrogen) atoms. The van der Waals surface area contributed by atoms with E-state index >= 15 is 0 Å². The van der Waals surface area contributed by atoms with E-state index in [9.17, 15) is 4.79 Å². The number of halogens is 1. The Labute approximate surface area is 109 Å². The van der Waals surface area contributed by atoms with Crippen molar-refractivity contribution in [2.24, 2.45) is 0 Å². The SMILES string of the molecule is Cc1ncc(I)c(=O)n1CCCCCS. The molecule has 0 amide bonds. The standard InChI is InChI=1S/C10H15IN2OS/c1-8-12-7-9(11)10(14)13(8)5-3-2-4-6-15/h7,15H,2-6H2,1H3. The summed E-state index contributed by atoms with van der Waals surface area (Å²) in [5.74, 6) is 1.71. The van der Waals surface area contributed by atoms with Crippen molar-refractivity contribution in [3.63, 3.8) is 0 Å². The molecule has 0 saturated heterocycles. The number of thiol groups is 1. The molecule has 1 aromatic heterocycles. The fraction of sp³-hybridized carbons (Fsp3) is 0.600. The van der Waals surface area contributed by atoms with E-state index < -0.39 is 0 Å². The average Bonchev–Trinajstić information content (AvgIpc) is 2.23. The normalized spacial score (nSPS) is 10.6. The maximum atomic E-state index is 11.8. The van der Waals surface area contributed by atoms with E-state index in [0.717, 1.165) is 37.4 Å². The van der Waals surface area contributed by atoms with Gasteiger partial charge in [-0.15, -0.1) is 0 Å². The first kappa shape index (κ1) is 13.0. The molecule has 0 aromatic carbocycles. The Balaban J connectivity index is 2.68. The minimum Gasteiger partial charge on any atom is -0.296 e. The van der Waals surface area contributed by atoms with E-state index in [1.165, 1.54) is 0 Å². The van der Waals surface area contributed by atoms with Gasteiger partial charge in [0.15, 0.2) is 0 Å². The number of nitrogens with zero attached hydrogens (tertiary/aromatic N) is 2. The van der Waals surface area contributed by atoms with Crippen molar-refractivity contribution in [2.75, 3.05) is 5.75 Å². The Hall–Kier alpha value is -0.0400. The van der Waals surface area contributed by atoms with Crippen LogP contribution in [-0.2, 0) is 6.54 Å². The molecule has 0 bridgehead atoms. The number of unbranched alkanes of at least 4 members (excludes halogenated alkanes) is 2. The second-order valence-electron chi connectivity index (χ2n) is 3.39. The van der Waals surface area contributed by atoms with Crippen LogP contribution < -0.4 is 5.56 Å². The van der Waals surface area contributed by atoms with Crippen molar-refractivity contribution >= 4 is 35.2 Å². The first-order valence-corrected chi connectivity index (χ1v) is 6.70. The van der Waals surface area contributed by atoms with Crippen LogP contribution in [-0.4, -0.2) is 15.3 Å². The summed E-state index contributed by atoms with van der Waals surface area (Å²) in [4.78, 5) is 15.9. The summed E-state index contributed by atoms with van der Waals surface area (Å²) in [5.41, 5.74) is 0.0778. The summed E-state index contributed by atoms with van der Waals surface area (Å²) in [6, 6.07) is 0. The van der Waals surface area contributed by atoms with Gasteiger partial charge in [0.2, 0.25) is 0 Å². The molecule has 0 fully saturated rings. The summed E-state index contributed by atoms with van der Waals surface area (Å²) in [6.45, 7) is 2.64. The van der Waals surface area contributed by atoms with Crippen LogP contribution in [0.4, 0.5) is 0 Å². The third-order valence-corrected chi connectivity index (χ3v) is 3.30. The Kier molecular flexibility index (Phi) is 5.66. The van der Waals surface area contributed by atoms with Gasteiger partial charge in [0.1, 0.15) is 5.82 Å². The first-order chi connectivity index (χ1) is 7.16. The molecular weight excluding hydrogens is 323 g/mol. The zero-order chi connectivity index (χ0) is 11.3. The number of hydrogen-bond donors (Lipinski definition) is 1. The second-order valence-corrected chi connectivity index (χ2v) is 5.00. The molecule has 0 radical (unpaired) electrons. The summed E-state index contributed by atoms with van der Waals surface area (Å²) < 4.78 is 2.44. The van der Waals surface area contributed by atoms with Gasteiger partial charge in [0.25, 0.3) is 5.56 Å². The van der Waals surface area contributed by atoms with E-state index in [1.807, 2.05) is 29.5 Å². The molecule has 0 aliphatic carbocycles.